The van der Waals surface area contributed by atoms with E-state index in [1.54, 1.807) is 23.1 Å². The molecule has 0 saturated carbocycles. The molecule has 0 amide bonds. The summed E-state index contributed by atoms with van der Waals surface area (Å²) in [7, 11) is 0. The maximum atomic E-state index is 6.37. The molecule has 7 heteroatoms. The van der Waals surface area contributed by atoms with E-state index in [1.807, 2.05) is 25.1 Å². The van der Waals surface area contributed by atoms with E-state index in [-0.39, 0.29) is 0 Å². The van der Waals surface area contributed by atoms with Gasteiger partial charge in [0.05, 0.1) is 11.9 Å². The standard InChI is InChI=1S/C18H22ClN5O/c1-12(2)9-18(3,20)11-25-17-14(19)8-13(10-22-17)15-4-6-21-16-5-7-23-24(15)16/h4-8,10,12H,9,11,20H2,1-3H3/t18-/m0/s1. The van der Waals surface area contributed by atoms with E-state index in [0.717, 1.165) is 23.3 Å². The topological polar surface area (TPSA) is 78.3 Å². The zero-order chi connectivity index (χ0) is 18.0. The first-order chi connectivity index (χ1) is 11.9. The molecule has 0 bridgehead atoms. The summed E-state index contributed by atoms with van der Waals surface area (Å²) in [6, 6.07) is 5.52. The molecule has 0 spiro atoms. The molecule has 3 heterocycles. The van der Waals surface area contributed by atoms with Crippen molar-refractivity contribution in [2.75, 3.05) is 6.61 Å². The summed E-state index contributed by atoms with van der Waals surface area (Å²) in [5.41, 5.74) is 8.31. The molecule has 25 heavy (non-hydrogen) atoms. The van der Waals surface area contributed by atoms with Crippen LogP contribution < -0.4 is 10.5 Å². The van der Waals surface area contributed by atoms with E-state index in [4.69, 9.17) is 22.1 Å². The zero-order valence-electron chi connectivity index (χ0n) is 14.6. The van der Waals surface area contributed by atoms with Gasteiger partial charge in [0.2, 0.25) is 5.88 Å². The Bertz CT molecular complexity index is 875. The third kappa shape index (κ3) is 4.08. The first-order valence-corrected chi connectivity index (χ1v) is 8.60. The van der Waals surface area contributed by atoms with Crippen molar-refractivity contribution in [3.05, 3.63) is 41.8 Å². The number of rotatable bonds is 6. The normalized spacial score (nSPS) is 14.0. The van der Waals surface area contributed by atoms with Crippen molar-refractivity contribution >= 4 is 17.2 Å². The Morgan fingerprint density at radius 2 is 2.08 bits per heavy atom. The number of pyridine rings is 1. The van der Waals surface area contributed by atoms with Crippen LogP contribution >= 0.6 is 11.6 Å². The molecule has 1 atom stereocenters. The molecule has 2 N–H and O–H groups in total. The first kappa shape index (κ1) is 17.6. The summed E-state index contributed by atoms with van der Waals surface area (Å²) in [6.07, 6.45) is 6.01. The van der Waals surface area contributed by atoms with Crippen molar-refractivity contribution in [1.82, 2.24) is 19.6 Å². The summed E-state index contributed by atoms with van der Waals surface area (Å²) >= 11 is 6.37. The monoisotopic (exact) mass is 359 g/mol. The second kappa shape index (κ2) is 6.98. The summed E-state index contributed by atoms with van der Waals surface area (Å²) < 4.78 is 7.51. The predicted molar refractivity (Wildman–Crippen MR) is 98.8 cm³/mol. The summed E-state index contributed by atoms with van der Waals surface area (Å²) in [4.78, 5) is 8.61. The molecular weight excluding hydrogens is 338 g/mol. The van der Waals surface area contributed by atoms with Crippen LogP contribution in [0.3, 0.4) is 0 Å². The number of fused-ring (bicyclic) bond motifs is 1. The Morgan fingerprint density at radius 3 is 2.80 bits per heavy atom. The average Bonchev–Trinajstić information content (AvgIpc) is 3.01. The van der Waals surface area contributed by atoms with Gasteiger partial charge in [-0.3, -0.25) is 0 Å². The number of hydrogen-bond acceptors (Lipinski definition) is 5. The number of nitrogens with two attached hydrogens (primary N) is 1. The van der Waals surface area contributed by atoms with Gasteiger partial charge in [-0.1, -0.05) is 25.4 Å². The Morgan fingerprint density at radius 1 is 1.28 bits per heavy atom. The van der Waals surface area contributed by atoms with Crippen molar-refractivity contribution in [1.29, 1.82) is 0 Å². The van der Waals surface area contributed by atoms with Crippen molar-refractivity contribution in [2.45, 2.75) is 32.7 Å². The highest BCUT2D eigenvalue weighted by Crippen LogP contribution is 2.28. The Labute approximate surface area is 152 Å². The van der Waals surface area contributed by atoms with Gasteiger partial charge < -0.3 is 10.5 Å². The number of hydrogen-bond donors (Lipinski definition) is 1. The quantitative estimate of drug-likeness (QED) is 0.727. The fourth-order valence-corrected chi connectivity index (χ4v) is 3.17. The number of ether oxygens (including phenoxy) is 1. The second-order valence-corrected chi connectivity index (χ2v) is 7.39. The molecule has 3 rings (SSSR count). The molecule has 0 unspecified atom stereocenters. The van der Waals surface area contributed by atoms with Crippen LogP contribution in [0.5, 0.6) is 5.88 Å². The van der Waals surface area contributed by atoms with Crippen molar-refractivity contribution in [2.24, 2.45) is 11.7 Å². The predicted octanol–water partition coefficient (Wildman–Crippen LogP) is 3.59. The van der Waals surface area contributed by atoms with Gasteiger partial charge >= 0.3 is 0 Å². The fourth-order valence-electron chi connectivity index (χ4n) is 2.95. The molecule has 0 aliphatic rings. The highest BCUT2D eigenvalue weighted by molar-refractivity contribution is 6.32. The van der Waals surface area contributed by atoms with Crippen LogP contribution in [0.1, 0.15) is 27.2 Å². The number of nitrogens with zero attached hydrogens (tertiary/aromatic N) is 4. The average molecular weight is 360 g/mol. The molecular formula is C18H22ClN5O. The molecule has 0 aliphatic carbocycles. The molecule has 6 nitrogen and oxygen atoms in total. The lowest BCUT2D eigenvalue weighted by molar-refractivity contribution is 0.201. The Hall–Kier alpha value is -2.18. The van der Waals surface area contributed by atoms with E-state index < -0.39 is 5.54 Å². The van der Waals surface area contributed by atoms with Crippen molar-refractivity contribution in [3.8, 4) is 17.1 Å². The highest BCUT2D eigenvalue weighted by Gasteiger charge is 2.22. The summed E-state index contributed by atoms with van der Waals surface area (Å²) in [5.74, 6) is 0.879. The van der Waals surface area contributed by atoms with Gasteiger partial charge in [-0.05, 0) is 31.4 Å². The largest absolute Gasteiger partial charge is 0.475 e. The van der Waals surface area contributed by atoms with Crippen LogP contribution in [0, 0.1) is 5.92 Å². The van der Waals surface area contributed by atoms with Crippen LogP contribution in [-0.4, -0.2) is 31.7 Å². The molecule has 0 radical (unpaired) electrons. The van der Waals surface area contributed by atoms with Gasteiger partial charge in [-0.2, -0.15) is 5.10 Å². The highest BCUT2D eigenvalue weighted by atomic mass is 35.5. The molecule has 0 aliphatic heterocycles. The summed E-state index contributed by atoms with van der Waals surface area (Å²) in [6.45, 7) is 6.60. The molecule has 0 aromatic carbocycles. The van der Waals surface area contributed by atoms with Gasteiger partial charge in [0.1, 0.15) is 11.6 Å². The van der Waals surface area contributed by atoms with E-state index in [1.165, 1.54) is 0 Å². The first-order valence-electron chi connectivity index (χ1n) is 8.22. The van der Waals surface area contributed by atoms with Gasteiger partial charge in [0.25, 0.3) is 0 Å². The molecule has 3 aromatic heterocycles. The SMILES string of the molecule is CC(C)C[C@](C)(N)COc1ncc(-c2ccnc3ccnn23)cc1Cl. The lowest BCUT2D eigenvalue weighted by Crippen LogP contribution is -2.43. The van der Waals surface area contributed by atoms with E-state index in [0.29, 0.717) is 23.4 Å². The minimum atomic E-state index is -0.426. The van der Waals surface area contributed by atoms with Crippen molar-refractivity contribution in [3.63, 3.8) is 0 Å². The van der Waals surface area contributed by atoms with Gasteiger partial charge in [0, 0.05) is 29.6 Å². The maximum Gasteiger partial charge on any atom is 0.232 e. The molecule has 3 aromatic rings. The zero-order valence-corrected chi connectivity index (χ0v) is 15.4. The van der Waals surface area contributed by atoms with Gasteiger partial charge in [-0.25, -0.2) is 14.5 Å². The lowest BCUT2D eigenvalue weighted by atomic mass is 9.93. The molecule has 0 fully saturated rings. The molecule has 132 valence electrons. The number of aromatic nitrogens is 4. The Balaban J connectivity index is 1.81. The molecule has 0 saturated heterocycles. The third-order valence-corrected chi connectivity index (χ3v) is 4.08. The van der Waals surface area contributed by atoms with Crippen LogP contribution in [0.2, 0.25) is 5.02 Å². The van der Waals surface area contributed by atoms with Gasteiger partial charge in [0.15, 0.2) is 5.65 Å². The Kier molecular flexibility index (Phi) is 4.92. The van der Waals surface area contributed by atoms with Gasteiger partial charge in [-0.15, -0.1) is 0 Å². The van der Waals surface area contributed by atoms with E-state index in [9.17, 15) is 0 Å². The van der Waals surface area contributed by atoms with Crippen LogP contribution in [0.25, 0.3) is 16.9 Å². The lowest BCUT2D eigenvalue weighted by Gasteiger charge is -2.26. The third-order valence-electron chi connectivity index (χ3n) is 3.81. The number of halogens is 1. The van der Waals surface area contributed by atoms with E-state index >= 15 is 0 Å². The summed E-state index contributed by atoms with van der Waals surface area (Å²) in [5, 5.41) is 4.72. The fraction of sp³-hybridized carbons (Fsp3) is 0.389. The van der Waals surface area contributed by atoms with Crippen molar-refractivity contribution < 1.29 is 4.74 Å². The van der Waals surface area contributed by atoms with Crippen LogP contribution in [-0.2, 0) is 0 Å². The maximum absolute atomic E-state index is 6.37. The minimum Gasteiger partial charge on any atom is -0.475 e. The minimum absolute atomic E-state index is 0.357. The van der Waals surface area contributed by atoms with E-state index in [2.05, 4.69) is 28.9 Å². The van der Waals surface area contributed by atoms with Crippen LogP contribution in [0.4, 0.5) is 0 Å². The van der Waals surface area contributed by atoms with Crippen LogP contribution in [0.15, 0.2) is 36.8 Å². The smallest absolute Gasteiger partial charge is 0.232 e. The second-order valence-electron chi connectivity index (χ2n) is 6.98.